The Hall–Kier alpha value is -1.82. The molecule has 1 aromatic carbocycles. The lowest BCUT2D eigenvalue weighted by Crippen LogP contribution is -2.09. The first-order chi connectivity index (χ1) is 8.84. The molecular formula is C12H8ClF3N2O. The molecule has 100 valence electrons. The van der Waals surface area contributed by atoms with Gasteiger partial charge in [-0.05, 0) is 36.2 Å². The number of hydrogen-bond acceptors (Lipinski definition) is 3. The maximum Gasteiger partial charge on any atom is 0.433 e. The van der Waals surface area contributed by atoms with Gasteiger partial charge in [-0.1, -0.05) is 12.1 Å². The summed E-state index contributed by atoms with van der Waals surface area (Å²) in [6.45, 7) is 1.83. The summed E-state index contributed by atoms with van der Waals surface area (Å²) < 4.78 is 42.9. The maximum atomic E-state index is 12.5. The third kappa shape index (κ3) is 3.57. The fraction of sp³-hybridized carbons (Fsp3) is 0.167. The minimum atomic E-state index is -4.60. The van der Waals surface area contributed by atoms with E-state index in [0.717, 1.165) is 5.56 Å². The normalized spacial score (nSPS) is 11.4. The monoisotopic (exact) mass is 288 g/mol. The molecule has 2 rings (SSSR count). The summed E-state index contributed by atoms with van der Waals surface area (Å²) >= 11 is 5.45. The van der Waals surface area contributed by atoms with Crippen LogP contribution in [0.25, 0.3) is 0 Å². The van der Waals surface area contributed by atoms with Crippen molar-refractivity contribution in [1.29, 1.82) is 0 Å². The van der Waals surface area contributed by atoms with Gasteiger partial charge in [-0.2, -0.15) is 18.2 Å². The van der Waals surface area contributed by atoms with Crippen molar-refractivity contribution in [2.24, 2.45) is 0 Å². The predicted molar refractivity (Wildman–Crippen MR) is 63.3 cm³/mol. The third-order valence-electron chi connectivity index (χ3n) is 2.18. The number of nitrogens with zero attached hydrogens (tertiary/aromatic N) is 2. The van der Waals surface area contributed by atoms with Crippen LogP contribution >= 0.6 is 11.6 Å². The summed E-state index contributed by atoms with van der Waals surface area (Å²) in [4.78, 5) is 6.72. The second-order valence-electron chi connectivity index (χ2n) is 3.78. The molecule has 0 fully saturated rings. The van der Waals surface area contributed by atoms with Crippen molar-refractivity contribution in [3.8, 4) is 11.6 Å². The number of ether oxygens (including phenoxy) is 1. The summed E-state index contributed by atoms with van der Waals surface area (Å²) in [6.07, 6.45) is -4.60. The largest absolute Gasteiger partial charge is 0.439 e. The second kappa shape index (κ2) is 5.05. The van der Waals surface area contributed by atoms with Crippen LogP contribution in [0.5, 0.6) is 11.6 Å². The van der Waals surface area contributed by atoms with Crippen LogP contribution < -0.4 is 4.74 Å². The van der Waals surface area contributed by atoms with Gasteiger partial charge in [0.05, 0.1) is 0 Å². The minimum Gasteiger partial charge on any atom is -0.439 e. The van der Waals surface area contributed by atoms with Crippen LogP contribution in [0.1, 0.15) is 11.3 Å². The molecule has 1 heterocycles. The van der Waals surface area contributed by atoms with E-state index in [9.17, 15) is 13.2 Å². The molecule has 0 unspecified atom stereocenters. The van der Waals surface area contributed by atoms with Gasteiger partial charge in [-0.15, -0.1) is 0 Å². The molecule has 0 atom stereocenters. The van der Waals surface area contributed by atoms with Crippen LogP contribution in [0.2, 0.25) is 5.28 Å². The molecule has 0 aliphatic rings. The van der Waals surface area contributed by atoms with Crippen molar-refractivity contribution in [2.75, 3.05) is 0 Å². The fourth-order valence-corrected chi connectivity index (χ4v) is 1.57. The Morgan fingerprint density at radius 1 is 1.16 bits per heavy atom. The predicted octanol–water partition coefficient (Wildman–Crippen LogP) is 4.25. The number of aromatic nitrogens is 2. The molecule has 2 aromatic rings. The summed E-state index contributed by atoms with van der Waals surface area (Å²) in [5.41, 5.74) is -0.233. The van der Waals surface area contributed by atoms with Crippen molar-refractivity contribution in [3.63, 3.8) is 0 Å². The highest BCUT2D eigenvalue weighted by Crippen LogP contribution is 2.31. The minimum absolute atomic E-state index is 0.252. The van der Waals surface area contributed by atoms with Crippen LogP contribution in [-0.2, 0) is 6.18 Å². The van der Waals surface area contributed by atoms with Gasteiger partial charge >= 0.3 is 6.18 Å². The number of hydrogen-bond donors (Lipinski definition) is 0. The molecule has 0 aliphatic heterocycles. The van der Waals surface area contributed by atoms with Crippen molar-refractivity contribution < 1.29 is 17.9 Å². The molecule has 0 saturated carbocycles. The topological polar surface area (TPSA) is 35.0 Å². The van der Waals surface area contributed by atoms with Crippen LogP contribution in [0.3, 0.4) is 0 Å². The van der Waals surface area contributed by atoms with Crippen molar-refractivity contribution in [3.05, 3.63) is 46.9 Å². The molecule has 1 aromatic heterocycles. The first kappa shape index (κ1) is 13.6. The molecule has 0 amide bonds. The van der Waals surface area contributed by atoms with E-state index < -0.39 is 17.2 Å². The molecule has 7 heteroatoms. The molecular weight excluding hydrogens is 281 g/mol. The van der Waals surface area contributed by atoms with E-state index in [1.54, 1.807) is 18.2 Å². The van der Waals surface area contributed by atoms with E-state index in [1.807, 2.05) is 13.0 Å². The number of alkyl halides is 3. The van der Waals surface area contributed by atoms with Gasteiger partial charge in [0, 0.05) is 6.07 Å². The zero-order chi connectivity index (χ0) is 14.0. The Labute approximate surface area is 112 Å². The summed E-state index contributed by atoms with van der Waals surface area (Å²) in [5.74, 6) is 0.126. The van der Waals surface area contributed by atoms with E-state index in [-0.39, 0.29) is 5.88 Å². The molecule has 0 saturated heterocycles. The van der Waals surface area contributed by atoms with Crippen LogP contribution in [-0.4, -0.2) is 9.97 Å². The molecule has 19 heavy (non-hydrogen) atoms. The van der Waals surface area contributed by atoms with Crippen molar-refractivity contribution in [2.45, 2.75) is 13.1 Å². The number of halogens is 4. The molecule has 0 N–H and O–H groups in total. The lowest BCUT2D eigenvalue weighted by atomic mass is 10.2. The maximum absolute atomic E-state index is 12.5. The Balaban J connectivity index is 2.33. The van der Waals surface area contributed by atoms with Crippen LogP contribution in [0.15, 0.2) is 30.3 Å². The highest BCUT2D eigenvalue weighted by atomic mass is 35.5. The van der Waals surface area contributed by atoms with Gasteiger partial charge in [-0.3, -0.25) is 0 Å². The van der Waals surface area contributed by atoms with Crippen LogP contribution in [0, 0.1) is 6.92 Å². The van der Waals surface area contributed by atoms with E-state index in [4.69, 9.17) is 16.3 Å². The van der Waals surface area contributed by atoms with E-state index >= 15 is 0 Å². The lowest BCUT2D eigenvalue weighted by Gasteiger charge is -2.09. The van der Waals surface area contributed by atoms with Crippen molar-refractivity contribution >= 4 is 11.6 Å². The Bertz CT molecular complexity index is 602. The van der Waals surface area contributed by atoms with Gasteiger partial charge in [-0.25, -0.2) is 4.98 Å². The third-order valence-corrected chi connectivity index (χ3v) is 2.35. The SMILES string of the molecule is Cc1cccc(Oc2cc(C(F)(F)F)nc(Cl)n2)c1. The van der Waals surface area contributed by atoms with E-state index in [2.05, 4.69) is 9.97 Å². The molecule has 0 bridgehead atoms. The highest BCUT2D eigenvalue weighted by molar-refractivity contribution is 6.28. The second-order valence-corrected chi connectivity index (χ2v) is 4.11. The Morgan fingerprint density at radius 3 is 2.53 bits per heavy atom. The quantitative estimate of drug-likeness (QED) is 0.775. The van der Waals surface area contributed by atoms with Gasteiger partial charge in [0.1, 0.15) is 5.75 Å². The molecule has 0 radical (unpaired) electrons. The van der Waals surface area contributed by atoms with Gasteiger partial charge in [0.2, 0.25) is 11.2 Å². The smallest absolute Gasteiger partial charge is 0.433 e. The Kier molecular flexibility index (Phi) is 3.61. The number of benzene rings is 1. The highest BCUT2D eigenvalue weighted by Gasteiger charge is 2.33. The van der Waals surface area contributed by atoms with E-state index in [0.29, 0.717) is 11.8 Å². The molecule has 0 aliphatic carbocycles. The first-order valence-corrected chi connectivity index (χ1v) is 5.59. The standard InChI is InChI=1S/C12H8ClF3N2O/c1-7-3-2-4-8(5-7)19-10-6-9(12(14,15)16)17-11(13)18-10/h2-6H,1H3. The molecule has 0 spiro atoms. The number of aryl methyl sites for hydroxylation is 1. The van der Waals surface area contributed by atoms with Gasteiger partial charge in [0.25, 0.3) is 0 Å². The zero-order valence-electron chi connectivity index (χ0n) is 9.70. The fourth-order valence-electron chi connectivity index (χ4n) is 1.39. The van der Waals surface area contributed by atoms with Gasteiger partial charge in [0.15, 0.2) is 5.69 Å². The summed E-state index contributed by atoms with van der Waals surface area (Å²) in [7, 11) is 0. The summed E-state index contributed by atoms with van der Waals surface area (Å²) in [6, 6.07) is 7.53. The van der Waals surface area contributed by atoms with Gasteiger partial charge < -0.3 is 4.74 Å². The molecule has 3 nitrogen and oxygen atoms in total. The zero-order valence-corrected chi connectivity index (χ0v) is 10.5. The first-order valence-electron chi connectivity index (χ1n) is 5.21. The summed E-state index contributed by atoms with van der Waals surface area (Å²) in [5, 5.41) is -0.516. The Morgan fingerprint density at radius 2 is 1.89 bits per heavy atom. The average molecular weight is 289 g/mol. The van der Waals surface area contributed by atoms with Crippen LogP contribution in [0.4, 0.5) is 13.2 Å². The lowest BCUT2D eigenvalue weighted by molar-refractivity contribution is -0.141. The van der Waals surface area contributed by atoms with Crippen molar-refractivity contribution in [1.82, 2.24) is 9.97 Å². The van der Waals surface area contributed by atoms with E-state index in [1.165, 1.54) is 0 Å². The average Bonchev–Trinajstić information content (AvgIpc) is 2.26. The number of rotatable bonds is 2.